The highest BCUT2D eigenvalue weighted by molar-refractivity contribution is 5.95. The highest BCUT2D eigenvalue weighted by Gasteiger charge is 2.25. The molecule has 0 aliphatic carbocycles. The van der Waals surface area contributed by atoms with Crippen LogP contribution in [-0.2, 0) is 11.3 Å². The molecule has 0 unspecified atom stereocenters. The number of hydrogen-bond donors (Lipinski definition) is 2. The highest BCUT2D eigenvalue weighted by Crippen LogP contribution is 2.29. The van der Waals surface area contributed by atoms with Gasteiger partial charge in [-0.15, -0.1) is 0 Å². The minimum atomic E-state index is -0.472. The minimum absolute atomic E-state index is 0.207. The number of nitrogens with one attached hydrogen (secondary N) is 2. The maximum Gasteiger partial charge on any atom is 0.321 e. The fraction of sp³-hybridized carbons (Fsp3) is 0.318. The van der Waals surface area contributed by atoms with Crippen molar-refractivity contribution in [1.29, 1.82) is 0 Å². The Balaban J connectivity index is 1.21. The summed E-state index contributed by atoms with van der Waals surface area (Å²) in [6.45, 7) is 2.12. The van der Waals surface area contributed by atoms with Gasteiger partial charge in [0.05, 0.1) is 6.54 Å². The lowest BCUT2D eigenvalue weighted by atomic mass is 9.97. The van der Waals surface area contributed by atoms with Gasteiger partial charge in [0, 0.05) is 12.5 Å². The smallest absolute Gasteiger partial charge is 0.321 e. The Morgan fingerprint density at radius 3 is 2.52 bits per heavy atom. The van der Waals surface area contributed by atoms with Crippen molar-refractivity contribution in [2.75, 3.05) is 19.6 Å². The first-order valence-electron chi connectivity index (χ1n) is 9.87. The van der Waals surface area contributed by atoms with Crippen molar-refractivity contribution >= 4 is 23.0 Å². The summed E-state index contributed by atoms with van der Waals surface area (Å²) >= 11 is 0. The number of imide groups is 1. The van der Waals surface area contributed by atoms with E-state index in [0.717, 1.165) is 48.5 Å². The monoisotopic (exact) mass is 392 g/mol. The molecule has 1 aromatic heterocycles. The molecule has 29 heavy (non-hydrogen) atoms. The number of oxazole rings is 1. The van der Waals surface area contributed by atoms with Crippen LogP contribution in [0.1, 0.15) is 30.2 Å². The van der Waals surface area contributed by atoms with Gasteiger partial charge in [-0.3, -0.25) is 15.0 Å². The van der Waals surface area contributed by atoms with Gasteiger partial charge in [-0.1, -0.05) is 42.5 Å². The molecule has 2 aromatic carbocycles. The van der Waals surface area contributed by atoms with Crippen molar-refractivity contribution < 1.29 is 14.0 Å². The molecule has 0 atom stereocenters. The number of para-hydroxylation sites is 2. The molecule has 1 aliphatic rings. The Bertz CT molecular complexity index is 945. The quantitative estimate of drug-likeness (QED) is 0.697. The van der Waals surface area contributed by atoms with Crippen molar-refractivity contribution in [3.8, 4) is 0 Å². The second kappa shape index (κ2) is 8.87. The number of hydrogen-bond acceptors (Lipinski definition) is 5. The number of fused-ring (bicyclic) bond motifs is 1. The fourth-order valence-electron chi connectivity index (χ4n) is 3.59. The molecule has 0 radical (unpaired) electrons. The Kier molecular flexibility index (Phi) is 5.86. The summed E-state index contributed by atoms with van der Waals surface area (Å²) in [6, 6.07) is 16.9. The number of nitrogens with zero attached hydrogens (tertiary/aromatic N) is 2. The summed E-state index contributed by atoms with van der Waals surface area (Å²) < 4.78 is 5.88. The first kappa shape index (κ1) is 19.1. The molecule has 3 aromatic rings. The van der Waals surface area contributed by atoms with Gasteiger partial charge in [-0.2, -0.15) is 0 Å². The number of carbonyl (C=O) groups is 2. The predicted molar refractivity (Wildman–Crippen MR) is 109 cm³/mol. The van der Waals surface area contributed by atoms with E-state index < -0.39 is 6.03 Å². The van der Waals surface area contributed by atoms with Crippen LogP contribution in [-0.4, -0.2) is 41.5 Å². The molecule has 3 amide bonds. The van der Waals surface area contributed by atoms with E-state index in [1.54, 1.807) is 0 Å². The van der Waals surface area contributed by atoms with Crippen LogP contribution in [0.2, 0.25) is 0 Å². The third-order valence-corrected chi connectivity index (χ3v) is 5.16. The largest absolute Gasteiger partial charge is 0.440 e. The maximum atomic E-state index is 12.2. The number of piperidine rings is 1. The molecule has 7 nitrogen and oxygen atoms in total. The molecule has 150 valence electrons. The van der Waals surface area contributed by atoms with Crippen molar-refractivity contribution in [2.45, 2.75) is 25.3 Å². The van der Waals surface area contributed by atoms with E-state index in [0.29, 0.717) is 6.54 Å². The second-order valence-corrected chi connectivity index (χ2v) is 7.29. The first-order valence-corrected chi connectivity index (χ1v) is 9.87. The minimum Gasteiger partial charge on any atom is -0.440 e. The lowest BCUT2D eigenvalue weighted by Gasteiger charge is -2.29. The van der Waals surface area contributed by atoms with Crippen LogP contribution < -0.4 is 10.6 Å². The van der Waals surface area contributed by atoms with Crippen LogP contribution in [0.5, 0.6) is 0 Å². The van der Waals surface area contributed by atoms with Gasteiger partial charge in [-0.05, 0) is 43.6 Å². The molecular formula is C22H24N4O3. The first-order chi connectivity index (χ1) is 14.2. The van der Waals surface area contributed by atoms with Crippen LogP contribution in [0.25, 0.3) is 11.1 Å². The summed E-state index contributed by atoms with van der Waals surface area (Å²) in [5, 5.41) is 5.09. The molecule has 7 heteroatoms. The van der Waals surface area contributed by atoms with E-state index in [2.05, 4.69) is 20.5 Å². The summed E-state index contributed by atoms with van der Waals surface area (Å²) in [5.74, 6) is 0.738. The van der Waals surface area contributed by atoms with E-state index in [1.165, 1.54) is 0 Å². The van der Waals surface area contributed by atoms with Gasteiger partial charge in [0.25, 0.3) is 0 Å². The number of carbonyl (C=O) groups excluding carboxylic acids is 2. The zero-order valence-electron chi connectivity index (χ0n) is 16.1. The Labute approximate surface area is 169 Å². The fourth-order valence-corrected chi connectivity index (χ4v) is 3.59. The maximum absolute atomic E-state index is 12.2. The molecule has 1 aliphatic heterocycles. The average molecular weight is 392 g/mol. The standard InChI is InChI=1S/C22H24N4O3/c27-20(25-22(28)23-14-16-6-2-1-3-7-16)15-26-12-10-17(11-13-26)21-24-18-8-4-5-9-19(18)29-21/h1-9,17H,10-15H2,(H2,23,25,27,28). The van der Waals surface area contributed by atoms with Crippen LogP contribution in [0.3, 0.4) is 0 Å². The zero-order valence-corrected chi connectivity index (χ0v) is 16.1. The van der Waals surface area contributed by atoms with Gasteiger partial charge in [0.2, 0.25) is 5.91 Å². The number of aromatic nitrogens is 1. The van der Waals surface area contributed by atoms with Crippen molar-refractivity contribution in [2.24, 2.45) is 0 Å². The highest BCUT2D eigenvalue weighted by atomic mass is 16.3. The van der Waals surface area contributed by atoms with Gasteiger partial charge in [0.15, 0.2) is 11.5 Å². The van der Waals surface area contributed by atoms with Crippen molar-refractivity contribution in [1.82, 2.24) is 20.5 Å². The number of urea groups is 1. The van der Waals surface area contributed by atoms with Crippen LogP contribution in [0.4, 0.5) is 4.79 Å². The summed E-state index contributed by atoms with van der Waals surface area (Å²) in [5.41, 5.74) is 2.67. The molecular weight excluding hydrogens is 368 g/mol. The number of benzene rings is 2. The SMILES string of the molecule is O=C(CN1CCC(c2nc3ccccc3o2)CC1)NC(=O)NCc1ccccc1. The molecule has 1 fully saturated rings. The van der Waals surface area contributed by atoms with Gasteiger partial charge in [-0.25, -0.2) is 9.78 Å². The Morgan fingerprint density at radius 2 is 1.76 bits per heavy atom. The Morgan fingerprint density at radius 1 is 1.03 bits per heavy atom. The van der Waals surface area contributed by atoms with E-state index in [-0.39, 0.29) is 18.4 Å². The summed E-state index contributed by atoms with van der Waals surface area (Å²) in [7, 11) is 0. The van der Waals surface area contributed by atoms with E-state index >= 15 is 0 Å². The summed E-state index contributed by atoms with van der Waals surface area (Å²) in [4.78, 5) is 30.7. The third kappa shape index (κ3) is 5.00. The zero-order chi connectivity index (χ0) is 20.1. The van der Waals surface area contributed by atoms with Crippen molar-refractivity contribution in [3.05, 3.63) is 66.1 Å². The van der Waals surface area contributed by atoms with Crippen LogP contribution >= 0.6 is 0 Å². The van der Waals surface area contributed by atoms with Gasteiger partial charge < -0.3 is 9.73 Å². The van der Waals surface area contributed by atoms with E-state index in [4.69, 9.17) is 4.42 Å². The topological polar surface area (TPSA) is 87.5 Å². The number of likely N-dealkylation sites (tertiary alicyclic amines) is 1. The number of rotatable bonds is 5. The molecule has 2 heterocycles. The van der Waals surface area contributed by atoms with Gasteiger partial charge in [0.1, 0.15) is 5.52 Å². The van der Waals surface area contributed by atoms with E-state index in [1.807, 2.05) is 54.6 Å². The summed E-state index contributed by atoms with van der Waals surface area (Å²) in [6.07, 6.45) is 1.75. The normalized spacial score (nSPS) is 15.3. The molecule has 0 spiro atoms. The lowest BCUT2D eigenvalue weighted by molar-refractivity contribution is -0.121. The lowest BCUT2D eigenvalue weighted by Crippen LogP contribution is -2.46. The predicted octanol–water partition coefficient (Wildman–Crippen LogP) is 3.03. The molecule has 1 saturated heterocycles. The van der Waals surface area contributed by atoms with Crippen LogP contribution in [0, 0.1) is 0 Å². The molecule has 2 N–H and O–H groups in total. The van der Waals surface area contributed by atoms with Gasteiger partial charge >= 0.3 is 6.03 Å². The Hall–Kier alpha value is -3.19. The van der Waals surface area contributed by atoms with Crippen LogP contribution in [0.15, 0.2) is 59.0 Å². The second-order valence-electron chi connectivity index (χ2n) is 7.29. The molecule has 0 bridgehead atoms. The number of amides is 3. The molecule has 4 rings (SSSR count). The molecule has 0 saturated carbocycles. The van der Waals surface area contributed by atoms with Crippen molar-refractivity contribution in [3.63, 3.8) is 0 Å². The third-order valence-electron chi connectivity index (χ3n) is 5.16. The van der Waals surface area contributed by atoms with E-state index in [9.17, 15) is 9.59 Å². The average Bonchev–Trinajstić information content (AvgIpc) is 3.18.